The van der Waals surface area contributed by atoms with Crippen molar-refractivity contribution in [1.29, 1.82) is 0 Å². The van der Waals surface area contributed by atoms with Gasteiger partial charge in [-0.1, -0.05) is 48.5 Å². The van der Waals surface area contributed by atoms with Crippen molar-refractivity contribution >= 4 is 18.7 Å². The minimum Gasteiger partial charge on any atom is -0.448 e. The lowest BCUT2D eigenvalue weighted by Crippen LogP contribution is -2.49. The minimum atomic E-state index is -0.381. The number of piperidine rings is 1. The molecule has 0 saturated carbocycles. The van der Waals surface area contributed by atoms with Crippen molar-refractivity contribution < 1.29 is 13.9 Å². The quantitative estimate of drug-likeness (QED) is 0.603. The summed E-state index contributed by atoms with van der Waals surface area (Å²) in [5.74, 6) is 0.219. The lowest BCUT2D eigenvalue weighted by atomic mass is 9.89. The number of benzene rings is 2. The second-order valence-corrected chi connectivity index (χ2v) is 8.59. The van der Waals surface area contributed by atoms with Gasteiger partial charge in [-0.15, -0.1) is 0 Å². The topological polar surface area (TPSA) is 47.4 Å². The molecule has 3 aromatic rings. The fraction of sp³-hybridized carbons (Fsp3) is 0.333. The van der Waals surface area contributed by atoms with E-state index in [9.17, 15) is 9.18 Å². The van der Waals surface area contributed by atoms with Crippen LogP contribution in [0.15, 0.2) is 60.9 Å². The van der Waals surface area contributed by atoms with Crippen LogP contribution in [-0.4, -0.2) is 46.2 Å². The van der Waals surface area contributed by atoms with Crippen LogP contribution < -0.4 is 0 Å². The van der Waals surface area contributed by atoms with E-state index in [2.05, 4.69) is 42.0 Å². The Labute approximate surface area is 186 Å². The first-order chi connectivity index (χ1) is 15.1. The Morgan fingerprint density at radius 2 is 1.71 bits per heavy atom. The molecule has 2 aromatic carbocycles. The summed E-state index contributed by atoms with van der Waals surface area (Å²) in [6, 6.07) is 16.6. The number of fused-ring (bicyclic) bond motifs is 3. The molecular weight excluding hydrogens is 413 g/mol. The highest BCUT2D eigenvalue weighted by atomic mass is 32.1. The molecular formula is C24H24FN3O2S. The summed E-state index contributed by atoms with van der Waals surface area (Å²) >= 11 is 4.49. The van der Waals surface area contributed by atoms with Crippen LogP contribution in [-0.2, 0) is 10.3 Å². The molecule has 5 rings (SSSR count). The maximum atomic E-state index is 13.5. The van der Waals surface area contributed by atoms with E-state index in [-0.39, 0.29) is 23.4 Å². The standard InChI is InChI=1S/C24H24FN3O2S/c25-17-13-26-28(14-17)24(16-31)9-11-27(12-10-24)23(29)30-15-22-20-7-3-1-5-18(20)19-6-2-4-8-21(19)22/h1-8,13-14,22,31H,9-12,15-16H2. The second kappa shape index (κ2) is 8.04. The summed E-state index contributed by atoms with van der Waals surface area (Å²) in [5, 5.41) is 4.14. The Balaban J connectivity index is 1.25. The normalized spacial score (nSPS) is 17.3. The molecule has 0 bridgehead atoms. The third-order valence-corrected chi connectivity index (χ3v) is 7.21. The number of amides is 1. The number of rotatable bonds is 4. The monoisotopic (exact) mass is 437 g/mol. The lowest BCUT2D eigenvalue weighted by molar-refractivity contribution is 0.0694. The average Bonchev–Trinajstić information content (AvgIpc) is 3.39. The number of likely N-dealkylation sites (tertiary alicyclic amines) is 1. The number of aromatic nitrogens is 2. The molecule has 0 N–H and O–H groups in total. The Morgan fingerprint density at radius 3 is 2.26 bits per heavy atom. The zero-order valence-corrected chi connectivity index (χ0v) is 18.0. The third-order valence-electron chi connectivity index (χ3n) is 6.62. The molecule has 0 spiro atoms. The van der Waals surface area contributed by atoms with Gasteiger partial charge in [0.1, 0.15) is 6.61 Å². The molecule has 2 heterocycles. The molecule has 1 aromatic heterocycles. The van der Waals surface area contributed by atoms with Crippen LogP contribution >= 0.6 is 12.6 Å². The Hall–Kier alpha value is -2.80. The minimum absolute atomic E-state index is 0.0460. The summed E-state index contributed by atoms with van der Waals surface area (Å²) in [4.78, 5) is 14.6. The van der Waals surface area contributed by atoms with E-state index in [0.29, 0.717) is 38.3 Å². The maximum Gasteiger partial charge on any atom is 0.409 e. The molecule has 0 unspecified atom stereocenters. The van der Waals surface area contributed by atoms with Gasteiger partial charge >= 0.3 is 6.09 Å². The van der Waals surface area contributed by atoms with Gasteiger partial charge < -0.3 is 9.64 Å². The summed E-state index contributed by atoms with van der Waals surface area (Å²) in [6.45, 7) is 1.36. The zero-order valence-electron chi connectivity index (χ0n) is 17.1. The van der Waals surface area contributed by atoms with Crippen LogP contribution in [0.1, 0.15) is 29.9 Å². The molecule has 31 heavy (non-hydrogen) atoms. The van der Waals surface area contributed by atoms with E-state index < -0.39 is 0 Å². The molecule has 1 saturated heterocycles. The van der Waals surface area contributed by atoms with Crippen LogP contribution in [0.4, 0.5) is 9.18 Å². The molecule has 160 valence electrons. The van der Waals surface area contributed by atoms with Gasteiger partial charge in [-0.2, -0.15) is 17.7 Å². The highest BCUT2D eigenvalue weighted by Gasteiger charge is 2.38. The zero-order chi connectivity index (χ0) is 21.4. The number of nitrogens with zero attached hydrogens (tertiary/aromatic N) is 3. The highest BCUT2D eigenvalue weighted by Crippen LogP contribution is 2.44. The fourth-order valence-electron chi connectivity index (χ4n) is 4.81. The fourth-order valence-corrected chi connectivity index (χ4v) is 5.27. The summed E-state index contributed by atoms with van der Waals surface area (Å²) < 4.78 is 20.9. The van der Waals surface area contributed by atoms with Gasteiger partial charge in [0, 0.05) is 24.8 Å². The van der Waals surface area contributed by atoms with Crippen molar-refractivity contribution in [3.05, 3.63) is 77.9 Å². The SMILES string of the molecule is O=C(OCC1c2ccccc2-c2ccccc21)N1CCC(CS)(n2cc(F)cn2)CC1. The van der Waals surface area contributed by atoms with Crippen molar-refractivity contribution in [2.45, 2.75) is 24.3 Å². The number of carbonyl (C=O) groups is 1. The molecule has 0 radical (unpaired) electrons. The van der Waals surface area contributed by atoms with E-state index in [4.69, 9.17) is 4.74 Å². The smallest absolute Gasteiger partial charge is 0.409 e. The number of ether oxygens (including phenoxy) is 1. The Morgan fingerprint density at radius 1 is 1.10 bits per heavy atom. The molecule has 2 aliphatic rings. The predicted molar refractivity (Wildman–Crippen MR) is 120 cm³/mol. The van der Waals surface area contributed by atoms with E-state index in [1.165, 1.54) is 34.6 Å². The van der Waals surface area contributed by atoms with Crippen molar-refractivity contribution in [2.75, 3.05) is 25.4 Å². The molecule has 1 aliphatic carbocycles. The van der Waals surface area contributed by atoms with Crippen molar-refractivity contribution in [3.8, 4) is 11.1 Å². The number of hydrogen-bond donors (Lipinski definition) is 1. The van der Waals surface area contributed by atoms with Gasteiger partial charge in [0.25, 0.3) is 0 Å². The Kier molecular flexibility index (Phi) is 5.22. The van der Waals surface area contributed by atoms with Crippen LogP contribution in [0.5, 0.6) is 0 Å². The molecule has 1 aliphatic heterocycles. The van der Waals surface area contributed by atoms with E-state index >= 15 is 0 Å². The first kappa shape index (κ1) is 20.1. The van der Waals surface area contributed by atoms with Crippen molar-refractivity contribution in [1.82, 2.24) is 14.7 Å². The largest absolute Gasteiger partial charge is 0.448 e. The van der Waals surface area contributed by atoms with Gasteiger partial charge in [0.05, 0.1) is 17.9 Å². The highest BCUT2D eigenvalue weighted by molar-refractivity contribution is 7.80. The number of thiol groups is 1. The van der Waals surface area contributed by atoms with Gasteiger partial charge in [-0.3, -0.25) is 4.68 Å². The first-order valence-corrected chi connectivity index (χ1v) is 11.2. The average molecular weight is 438 g/mol. The molecule has 5 nitrogen and oxygen atoms in total. The van der Waals surface area contributed by atoms with Crippen LogP contribution in [0, 0.1) is 5.82 Å². The predicted octanol–water partition coefficient (Wildman–Crippen LogP) is 4.69. The number of carbonyl (C=O) groups excluding carboxylic acids is 1. The summed E-state index contributed by atoms with van der Waals surface area (Å²) in [7, 11) is 0. The number of halogens is 1. The van der Waals surface area contributed by atoms with Gasteiger partial charge in [-0.05, 0) is 35.1 Å². The maximum absolute atomic E-state index is 13.5. The van der Waals surface area contributed by atoms with Crippen molar-refractivity contribution in [3.63, 3.8) is 0 Å². The molecule has 1 fully saturated rings. The Bertz CT molecular complexity index is 1060. The summed E-state index contributed by atoms with van der Waals surface area (Å²) in [6.07, 6.45) is 3.62. The van der Waals surface area contributed by atoms with Crippen LogP contribution in [0.3, 0.4) is 0 Å². The molecule has 0 atom stereocenters. The van der Waals surface area contributed by atoms with Gasteiger partial charge in [0.15, 0.2) is 5.82 Å². The van der Waals surface area contributed by atoms with E-state index in [0.717, 1.165) is 0 Å². The molecule has 7 heteroatoms. The van der Waals surface area contributed by atoms with Crippen molar-refractivity contribution in [2.24, 2.45) is 0 Å². The third kappa shape index (κ3) is 3.51. The van der Waals surface area contributed by atoms with Gasteiger partial charge in [-0.25, -0.2) is 9.18 Å². The first-order valence-electron chi connectivity index (χ1n) is 10.5. The van der Waals surface area contributed by atoms with Gasteiger partial charge in [0.2, 0.25) is 0 Å². The van der Waals surface area contributed by atoms with E-state index in [1.807, 2.05) is 24.3 Å². The molecule has 1 amide bonds. The lowest BCUT2D eigenvalue weighted by Gasteiger charge is -2.40. The van der Waals surface area contributed by atoms with Crippen LogP contribution in [0.2, 0.25) is 0 Å². The van der Waals surface area contributed by atoms with E-state index in [1.54, 1.807) is 9.58 Å². The second-order valence-electron chi connectivity index (χ2n) is 8.28. The van der Waals surface area contributed by atoms with Crippen LogP contribution in [0.25, 0.3) is 11.1 Å². The number of hydrogen-bond acceptors (Lipinski definition) is 4. The summed E-state index contributed by atoms with van der Waals surface area (Å²) in [5.41, 5.74) is 4.44.